The van der Waals surface area contributed by atoms with Gasteiger partial charge in [-0.25, -0.2) is 8.78 Å². The van der Waals surface area contributed by atoms with E-state index in [2.05, 4.69) is 22.3 Å². The number of likely N-dealkylation sites (tertiary alicyclic amines) is 1. The van der Waals surface area contributed by atoms with Crippen LogP contribution in [0.4, 0.5) is 8.78 Å². The largest absolute Gasteiger partial charge is 0.355 e. The van der Waals surface area contributed by atoms with E-state index in [1.807, 2.05) is 0 Å². The number of carbonyl (C=O) groups is 2. The van der Waals surface area contributed by atoms with E-state index in [4.69, 9.17) is 4.52 Å². The zero-order valence-corrected chi connectivity index (χ0v) is 18.5. The van der Waals surface area contributed by atoms with Crippen LogP contribution in [0.1, 0.15) is 36.7 Å². The van der Waals surface area contributed by atoms with Crippen LogP contribution in [0.2, 0.25) is 0 Å². The summed E-state index contributed by atoms with van der Waals surface area (Å²) in [5, 5.41) is 6.68. The average molecular weight is 446 g/mol. The molecule has 1 saturated carbocycles. The quantitative estimate of drug-likeness (QED) is 0.764. The predicted molar refractivity (Wildman–Crippen MR) is 114 cm³/mol. The lowest BCUT2D eigenvalue weighted by molar-refractivity contribution is -0.136. The van der Waals surface area contributed by atoms with Gasteiger partial charge in [0.15, 0.2) is 11.5 Å². The predicted octanol–water partition coefficient (Wildman–Crippen LogP) is 2.93. The molecule has 4 rings (SSSR count). The van der Waals surface area contributed by atoms with Crippen LogP contribution in [0, 0.1) is 23.5 Å². The van der Waals surface area contributed by atoms with Gasteiger partial charge >= 0.3 is 0 Å². The first-order chi connectivity index (χ1) is 15.2. The SMILES string of the molecule is C[C@@H]1CC[C@H]1N1CC[C@H](NC(=O)c2cc(-c3ccc(F)cc3F)on2)[C@@H](C(=O)N(C)C)C1. The Morgan fingerprint density at radius 1 is 1.19 bits per heavy atom. The minimum atomic E-state index is -0.803. The lowest BCUT2D eigenvalue weighted by atomic mass is 9.78. The van der Waals surface area contributed by atoms with Gasteiger partial charge < -0.3 is 14.7 Å². The molecule has 4 atom stereocenters. The molecule has 0 spiro atoms. The fourth-order valence-electron chi connectivity index (χ4n) is 4.67. The molecule has 2 aliphatic rings. The van der Waals surface area contributed by atoms with E-state index in [9.17, 15) is 18.4 Å². The van der Waals surface area contributed by atoms with Crippen molar-refractivity contribution in [1.29, 1.82) is 0 Å². The van der Waals surface area contributed by atoms with Crippen LogP contribution >= 0.6 is 0 Å². The number of piperidine rings is 1. The number of aromatic nitrogens is 1. The van der Waals surface area contributed by atoms with Crippen molar-refractivity contribution in [2.45, 2.75) is 38.3 Å². The summed E-state index contributed by atoms with van der Waals surface area (Å²) in [4.78, 5) is 29.6. The van der Waals surface area contributed by atoms with Crippen molar-refractivity contribution in [3.05, 3.63) is 41.6 Å². The molecule has 2 heterocycles. The second-order valence-electron chi connectivity index (χ2n) is 9.03. The molecule has 9 heteroatoms. The van der Waals surface area contributed by atoms with E-state index in [0.29, 0.717) is 24.9 Å². The molecule has 0 unspecified atom stereocenters. The molecule has 0 radical (unpaired) electrons. The Morgan fingerprint density at radius 3 is 2.59 bits per heavy atom. The van der Waals surface area contributed by atoms with Crippen molar-refractivity contribution >= 4 is 11.8 Å². The van der Waals surface area contributed by atoms with E-state index < -0.39 is 17.5 Å². The third-order valence-electron chi connectivity index (χ3n) is 6.70. The van der Waals surface area contributed by atoms with Crippen molar-refractivity contribution in [1.82, 2.24) is 20.3 Å². The molecule has 0 bridgehead atoms. The van der Waals surface area contributed by atoms with Crippen molar-refractivity contribution in [3.63, 3.8) is 0 Å². The summed E-state index contributed by atoms with van der Waals surface area (Å²) < 4.78 is 32.3. The number of hydrogen-bond acceptors (Lipinski definition) is 5. The summed E-state index contributed by atoms with van der Waals surface area (Å²) in [6.45, 7) is 3.64. The first-order valence-electron chi connectivity index (χ1n) is 10.9. The Kier molecular flexibility index (Phi) is 6.28. The summed E-state index contributed by atoms with van der Waals surface area (Å²) in [6.07, 6.45) is 3.00. The number of nitrogens with one attached hydrogen (secondary N) is 1. The molecular formula is C23H28F2N4O3. The molecule has 1 aliphatic carbocycles. The molecule has 32 heavy (non-hydrogen) atoms. The second kappa shape index (κ2) is 8.97. The minimum absolute atomic E-state index is 0.0153. The van der Waals surface area contributed by atoms with Crippen LogP contribution in [-0.2, 0) is 4.79 Å². The maximum Gasteiger partial charge on any atom is 0.273 e. The van der Waals surface area contributed by atoms with Crippen LogP contribution < -0.4 is 5.32 Å². The normalized spacial score (nSPS) is 25.8. The van der Waals surface area contributed by atoms with Gasteiger partial charge in [0.25, 0.3) is 5.91 Å². The first kappa shape index (κ1) is 22.4. The number of benzene rings is 1. The van der Waals surface area contributed by atoms with E-state index in [0.717, 1.165) is 25.1 Å². The maximum atomic E-state index is 14.0. The molecule has 1 N–H and O–H groups in total. The van der Waals surface area contributed by atoms with Crippen LogP contribution in [0.15, 0.2) is 28.8 Å². The van der Waals surface area contributed by atoms with Crippen molar-refractivity contribution < 1.29 is 22.9 Å². The first-order valence-corrected chi connectivity index (χ1v) is 10.9. The highest BCUT2D eigenvalue weighted by Crippen LogP contribution is 2.34. The Bertz CT molecular complexity index is 1010. The average Bonchev–Trinajstić information content (AvgIpc) is 3.23. The number of rotatable bonds is 5. The van der Waals surface area contributed by atoms with Gasteiger partial charge in [-0.1, -0.05) is 12.1 Å². The molecule has 1 saturated heterocycles. The number of amides is 2. The zero-order valence-electron chi connectivity index (χ0n) is 18.5. The van der Waals surface area contributed by atoms with Crippen LogP contribution in [-0.4, -0.2) is 66.0 Å². The van der Waals surface area contributed by atoms with E-state index in [1.165, 1.54) is 18.6 Å². The lowest BCUT2D eigenvalue weighted by Gasteiger charge is -2.48. The number of carbonyl (C=O) groups excluding carboxylic acids is 2. The number of nitrogens with zero attached hydrogens (tertiary/aromatic N) is 3. The van der Waals surface area contributed by atoms with E-state index >= 15 is 0 Å². The molecule has 1 aliphatic heterocycles. The van der Waals surface area contributed by atoms with Gasteiger partial charge in [-0.3, -0.25) is 14.5 Å². The molecule has 172 valence electrons. The fraction of sp³-hybridized carbons (Fsp3) is 0.522. The highest BCUT2D eigenvalue weighted by atomic mass is 19.1. The van der Waals surface area contributed by atoms with Crippen LogP contribution in [0.25, 0.3) is 11.3 Å². The number of hydrogen-bond donors (Lipinski definition) is 1. The second-order valence-corrected chi connectivity index (χ2v) is 9.03. The zero-order chi connectivity index (χ0) is 23.0. The van der Waals surface area contributed by atoms with Gasteiger partial charge in [0.1, 0.15) is 11.6 Å². The Balaban J connectivity index is 1.47. The van der Waals surface area contributed by atoms with Gasteiger partial charge in [-0.2, -0.15) is 0 Å². The number of halogens is 2. The van der Waals surface area contributed by atoms with Gasteiger partial charge in [0.2, 0.25) is 5.91 Å². The molecule has 1 aromatic heterocycles. The molecule has 2 fully saturated rings. The Morgan fingerprint density at radius 2 is 1.97 bits per heavy atom. The fourth-order valence-corrected chi connectivity index (χ4v) is 4.67. The molecule has 2 amide bonds. The highest BCUT2D eigenvalue weighted by molar-refractivity contribution is 5.94. The molecular weight excluding hydrogens is 418 g/mol. The summed E-state index contributed by atoms with van der Waals surface area (Å²) >= 11 is 0. The van der Waals surface area contributed by atoms with E-state index in [-0.39, 0.29) is 34.9 Å². The van der Waals surface area contributed by atoms with Crippen molar-refractivity contribution in [2.75, 3.05) is 27.2 Å². The minimum Gasteiger partial charge on any atom is -0.355 e. The van der Waals surface area contributed by atoms with Crippen molar-refractivity contribution in [2.24, 2.45) is 11.8 Å². The maximum absolute atomic E-state index is 14.0. The Hall–Kier alpha value is -2.81. The smallest absolute Gasteiger partial charge is 0.273 e. The van der Waals surface area contributed by atoms with Crippen molar-refractivity contribution in [3.8, 4) is 11.3 Å². The highest BCUT2D eigenvalue weighted by Gasteiger charge is 2.41. The van der Waals surface area contributed by atoms with Gasteiger partial charge in [0.05, 0.1) is 11.5 Å². The van der Waals surface area contributed by atoms with Crippen LogP contribution in [0.5, 0.6) is 0 Å². The third kappa shape index (κ3) is 4.39. The monoisotopic (exact) mass is 446 g/mol. The third-order valence-corrected chi connectivity index (χ3v) is 6.70. The molecule has 2 aromatic rings. The summed E-state index contributed by atoms with van der Waals surface area (Å²) in [7, 11) is 3.43. The summed E-state index contributed by atoms with van der Waals surface area (Å²) in [5.41, 5.74) is -0.00337. The van der Waals surface area contributed by atoms with Crippen LogP contribution in [0.3, 0.4) is 0 Å². The Labute approximate surface area is 185 Å². The standard InChI is InChI=1S/C23H28F2N4O3/c1-13-4-7-20(13)29-9-8-18(16(12-29)23(31)28(2)3)26-22(30)19-11-21(32-27-19)15-6-5-14(24)10-17(15)25/h5-6,10-11,13,16,18,20H,4,7-9,12H2,1-3H3,(H,26,30)/t13-,16+,18+,20-/m1/s1. The topological polar surface area (TPSA) is 78.7 Å². The van der Waals surface area contributed by atoms with Gasteiger partial charge in [0, 0.05) is 51.4 Å². The van der Waals surface area contributed by atoms with E-state index in [1.54, 1.807) is 19.0 Å². The summed E-state index contributed by atoms with van der Waals surface area (Å²) in [6, 6.07) is 4.55. The summed E-state index contributed by atoms with van der Waals surface area (Å²) in [5.74, 6) is -1.74. The van der Waals surface area contributed by atoms with Gasteiger partial charge in [-0.05, 0) is 37.3 Å². The molecule has 1 aromatic carbocycles. The van der Waals surface area contributed by atoms with Gasteiger partial charge in [-0.15, -0.1) is 0 Å². The lowest BCUT2D eigenvalue weighted by Crippen LogP contribution is -2.59. The molecule has 7 nitrogen and oxygen atoms in total.